The van der Waals surface area contributed by atoms with E-state index >= 15 is 0 Å². The molecular weight excluding hydrogens is 479 g/mol. The first-order valence-corrected chi connectivity index (χ1v) is 8.89. The number of nitrogens with zero attached hydrogens (tertiary/aromatic N) is 4. The molecule has 0 heterocycles. The molecule has 2 aromatic rings. The number of para-hydroxylation sites is 2. The number of hydrogen-bond acceptors (Lipinski definition) is 10. The summed E-state index contributed by atoms with van der Waals surface area (Å²) >= 11 is 0. The van der Waals surface area contributed by atoms with Crippen LogP contribution in [0.5, 0.6) is 0 Å². The van der Waals surface area contributed by atoms with Gasteiger partial charge < -0.3 is 41.8 Å². The monoisotopic (exact) mass is 498 g/mol. The first-order valence-electron chi connectivity index (χ1n) is 8.89. The predicted molar refractivity (Wildman–Crippen MR) is 122 cm³/mol. The standard InChI is InChI=1S/2C10H11N3O3.Ni/c2*1-7(12-15)9(13-16)10(14)11-8-5-3-2-4-6-8;/h2*2-6,15-16H,1H3,(H,11,14);/q;;+2/p-2. The summed E-state index contributed by atoms with van der Waals surface area (Å²) in [5.41, 5.74) is -0.115. The molecule has 2 rings (SSSR count). The zero-order chi connectivity index (χ0) is 23.9. The summed E-state index contributed by atoms with van der Waals surface area (Å²) in [5.74, 6) is -1.40. The Morgan fingerprint density at radius 3 is 1.45 bits per heavy atom. The van der Waals surface area contributed by atoms with Gasteiger partial charge in [0.15, 0.2) is 5.71 Å². The molecule has 33 heavy (non-hydrogen) atoms. The van der Waals surface area contributed by atoms with Crippen LogP contribution in [0, 0.1) is 10.4 Å². The van der Waals surface area contributed by atoms with Crippen LogP contribution < -0.4 is 10.6 Å². The smallest absolute Gasteiger partial charge is 0.792 e. The van der Waals surface area contributed by atoms with Gasteiger partial charge >= 0.3 is 16.5 Å². The Bertz CT molecular complexity index is 942. The minimum atomic E-state index is -0.752. The van der Waals surface area contributed by atoms with Crippen LogP contribution in [0.1, 0.15) is 13.8 Å². The molecule has 0 fully saturated rings. The molecule has 12 nitrogen and oxygen atoms in total. The fraction of sp³-hybridized carbons (Fsp3) is 0.100. The summed E-state index contributed by atoms with van der Waals surface area (Å²) in [4.78, 5) is 23.0. The Balaban J connectivity index is 0.000000602. The van der Waals surface area contributed by atoms with Crippen LogP contribution >= 0.6 is 0 Å². The average Bonchev–Trinajstić information content (AvgIpc) is 2.81. The SMILES string of the molecule is CC(=NO)C(=NO)C(=O)Nc1ccccc1.CC(=N[O-])C(=N[O-])C(=O)Nc1ccccc1.[Ni+2]. The van der Waals surface area contributed by atoms with Crippen LogP contribution in [0.2, 0.25) is 0 Å². The molecule has 0 aromatic heterocycles. The summed E-state index contributed by atoms with van der Waals surface area (Å²) in [6.07, 6.45) is 0. The maximum atomic E-state index is 11.6. The number of rotatable bonds is 6. The summed E-state index contributed by atoms with van der Waals surface area (Å²) in [5, 5.41) is 53.1. The molecule has 0 aliphatic rings. The van der Waals surface area contributed by atoms with E-state index in [1.54, 1.807) is 60.7 Å². The number of carbonyl (C=O) groups excluding carboxylic acids is 2. The van der Waals surface area contributed by atoms with Crippen LogP contribution in [0.4, 0.5) is 11.4 Å². The third-order valence-electron chi connectivity index (χ3n) is 3.66. The molecule has 0 aliphatic heterocycles. The predicted octanol–water partition coefficient (Wildman–Crippen LogP) is 2.83. The second-order valence-corrected chi connectivity index (χ2v) is 5.89. The molecule has 176 valence electrons. The van der Waals surface area contributed by atoms with Crippen molar-refractivity contribution in [3.8, 4) is 0 Å². The van der Waals surface area contributed by atoms with Gasteiger partial charge in [-0.25, -0.2) is 0 Å². The van der Waals surface area contributed by atoms with E-state index in [9.17, 15) is 20.0 Å². The molecule has 4 N–H and O–H groups in total. The number of nitrogens with one attached hydrogen (secondary N) is 2. The van der Waals surface area contributed by atoms with Crippen LogP contribution in [-0.4, -0.2) is 45.1 Å². The van der Waals surface area contributed by atoms with Crippen molar-refractivity contribution in [3.05, 3.63) is 71.1 Å². The molecule has 0 atom stereocenters. The second kappa shape index (κ2) is 15.5. The van der Waals surface area contributed by atoms with Gasteiger partial charge in [0.25, 0.3) is 11.8 Å². The van der Waals surface area contributed by atoms with Crippen molar-refractivity contribution in [2.45, 2.75) is 13.8 Å². The molecular formula is C20H20N6NiO6. The third kappa shape index (κ3) is 9.62. The molecule has 13 heteroatoms. The molecule has 0 spiro atoms. The normalized spacial score (nSPS) is 11.9. The number of anilines is 2. The summed E-state index contributed by atoms with van der Waals surface area (Å²) in [6.45, 7) is 2.59. The number of benzene rings is 2. The zero-order valence-corrected chi connectivity index (χ0v) is 18.4. The molecule has 0 radical (unpaired) electrons. The quantitative estimate of drug-likeness (QED) is 0.204. The van der Waals surface area contributed by atoms with E-state index in [4.69, 9.17) is 10.4 Å². The van der Waals surface area contributed by atoms with Gasteiger partial charge in [0.2, 0.25) is 0 Å². The van der Waals surface area contributed by atoms with E-state index < -0.39 is 17.5 Å². The Kier molecular flexibility index (Phi) is 13.5. The van der Waals surface area contributed by atoms with Crippen molar-refractivity contribution in [1.29, 1.82) is 0 Å². The second-order valence-electron chi connectivity index (χ2n) is 5.89. The molecule has 2 amide bonds. The van der Waals surface area contributed by atoms with Gasteiger partial charge in [-0.15, -0.1) is 0 Å². The third-order valence-corrected chi connectivity index (χ3v) is 3.66. The van der Waals surface area contributed by atoms with E-state index in [-0.39, 0.29) is 33.6 Å². The van der Waals surface area contributed by atoms with Gasteiger partial charge in [0, 0.05) is 11.4 Å². The minimum Gasteiger partial charge on any atom is -0.792 e. The van der Waals surface area contributed by atoms with Gasteiger partial charge in [0.1, 0.15) is 11.4 Å². The van der Waals surface area contributed by atoms with Crippen LogP contribution in [0.25, 0.3) is 0 Å². The van der Waals surface area contributed by atoms with Crippen molar-refractivity contribution in [2.75, 3.05) is 10.6 Å². The van der Waals surface area contributed by atoms with Gasteiger partial charge in [-0.1, -0.05) is 46.7 Å². The Morgan fingerprint density at radius 1 is 0.697 bits per heavy atom. The summed E-state index contributed by atoms with van der Waals surface area (Å²) in [6, 6.07) is 17.2. The molecule has 0 bridgehead atoms. The fourth-order valence-corrected chi connectivity index (χ4v) is 2.07. The topological polar surface area (TPSA) is 194 Å². The Labute approximate surface area is 198 Å². The average molecular weight is 499 g/mol. The van der Waals surface area contributed by atoms with E-state index in [1.165, 1.54) is 13.8 Å². The van der Waals surface area contributed by atoms with Crippen LogP contribution in [-0.2, 0) is 26.1 Å². The number of amides is 2. The van der Waals surface area contributed by atoms with Crippen molar-refractivity contribution in [2.24, 2.45) is 20.6 Å². The molecule has 0 aliphatic carbocycles. The fourth-order valence-electron chi connectivity index (χ4n) is 2.07. The van der Waals surface area contributed by atoms with Crippen molar-refractivity contribution >= 4 is 46.0 Å². The first-order chi connectivity index (χ1) is 15.4. The number of carbonyl (C=O) groups is 2. The van der Waals surface area contributed by atoms with E-state index in [2.05, 4.69) is 31.3 Å². The van der Waals surface area contributed by atoms with E-state index in [0.29, 0.717) is 11.4 Å². The van der Waals surface area contributed by atoms with Gasteiger partial charge in [-0.3, -0.25) is 9.59 Å². The molecule has 0 saturated carbocycles. The van der Waals surface area contributed by atoms with Crippen LogP contribution in [0.3, 0.4) is 0 Å². The molecule has 0 saturated heterocycles. The largest absolute Gasteiger partial charge is 2.00 e. The summed E-state index contributed by atoms with van der Waals surface area (Å²) in [7, 11) is 0. The van der Waals surface area contributed by atoms with Gasteiger partial charge in [0.05, 0.1) is 5.71 Å². The minimum absolute atomic E-state index is 0. The van der Waals surface area contributed by atoms with E-state index in [0.717, 1.165) is 0 Å². The summed E-state index contributed by atoms with van der Waals surface area (Å²) < 4.78 is 0. The maximum Gasteiger partial charge on any atom is 2.00 e. The Hall–Kier alpha value is -4.25. The zero-order valence-electron chi connectivity index (χ0n) is 17.4. The van der Waals surface area contributed by atoms with Crippen molar-refractivity contribution in [1.82, 2.24) is 0 Å². The molecule has 2 aromatic carbocycles. The van der Waals surface area contributed by atoms with Gasteiger partial charge in [-0.2, -0.15) is 0 Å². The van der Waals surface area contributed by atoms with Crippen molar-refractivity contribution in [3.63, 3.8) is 0 Å². The first kappa shape index (κ1) is 28.8. The van der Waals surface area contributed by atoms with E-state index in [1.807, 2.05) is 0 Å². The van der Waals surface area contributed by atoms with Gasteiger partial charge in [-0.05, 0) is 38.1 Å². The number of hydrogen-bond donors (Lipinski definition) is 4. The van der Waals surface area contributed by atoms with Crippen LogP contribution in [0.15, 0.2) is 81.3 Å². The molecule has 0 unspecified atom stereocenters. The Morgan fingerprint density at radius 2 is 1.12 bits per heavy atom. The maximum absolute atomic E-state index is 11.6. The van der Waals surface area contributed by atoms with Crippen molar-refractivity contribution < 1.29 is 36.5 Å². The number of oxime groups is 2.